The van der Waals surface area contributed by atoms with Gasteiger partial charge in [0.1, 0.15) is 5.01 Å². The van der Waals surface area contributed by atoms with Gasteiger partial charge in [0, 0.05) is 17.2 Å². The van der Waals surface area contributed by atoms with Gasteiger partial charge in [-0.1, -0.05) is 39.5 Å². The van der Waals surface area contributed by atoms with Crippen LogP contribution in [0.3, 0.4) is 0 Å². The average Bonchev–Trinajstić information content (AvgIpc) is 2.62. The minimum Gasteiger partial charge on any atom is -0.245 e. The standard InChI is InChI=1S/C11H13NS.CH4/c1-8-3-4-10(7-9(8)2)11-12-5-6-13-11;/h3-9H,1-2H3;1H4. The molecule has 2 atom stereocenters. The van der Waals surface area contributed by atoms with Crippen molar-refractivity contribution in [2.24, 2.45) is 11.8 Å². The van der Waals surface area contributed by atoms with Gasteiger partial charge in [-0.05, 0) is 11.8 Å². The van der Waals surface area contributed by atoms with E-state index in [0.717, 1.165) is 5.01 Å². The summed E-state index contributed by atoms with van der Waals surface area (Å²) < 4.78 is 0. The molecule has 0 aliphatic heterocycles. The van der Waals surface area contributed by atoms with Crippen LogP contribution in [-0.2, 0) is 0 Å². The van der Waals surface area contributed by atoms with Crippen LogP contribution in [0.2, 0.25) is 0 Å². The Morgan fingerprint density at radius 2 is 2.07 bits per heavy atom. The Labute approximate surface area is 90.2 Å². The number of allylic oxidation sites excluding steroid dienone is 4. The molecule has 1 aliphatic carbocycles. The van der Waals surface area contributed by atoms with Gasteiger partial charge in [-0.3, -0.25) is 0 Å². The van der Waals surface area contributed by atoms with Crippen molar-refractivity contribution >= 4 is 16.9 Å². The fourth-order valence-electron chi connectivity index (χ4n) is 1.43. The molecule has 0 aromatic carbocycles. The van der Waals surface area contributed by atoms with E-state index in [1.807, 2.05) is 11.6 Å². The normalized spacial score (nSPS) is 25.4. The summed E-state index contributed by atoms with van der Waals surface area (Å²) in [5.74, 6) is 1.28. The number of rotatable bonds is 1. The zero-order chi connectivity index (χ0) is 9.26. The summed E-state index contributed by atoms with van der Waals surface area (Å²) in [6.07, 6.45) is 8.62. The van der Waals surface area contributed by atoms with Crippen molar-refractivity contribution in [1.29, 1.82) is 0 Å². The molecule has 0 amide bonds. The van der Waals surface area contributed by atoms with Crippen molar-refractivity contribution in [2.75, 3.05) is 0 Å². The summed E-state index contributed by atoms with van der Waals surface area (Å²) in [6.45, 7) is 4.50. The number of nitrogens with zero attached hydrogens (tertiary/aromatic N) is 1. The first-order chi connectivity index (χ1) is 6.27. The van der Waals surface area contributed by atoms with Crippen molar-refractivity contribution in [3.8, 4) is 0 Å². The maximum absolute atomic E-state index is 4.30. The van der Waals surface area contributed by atoms with Gasteiger partial charge in [-0.15, -0.1) is 11.3 Å². The molecular formula is C12H17NS. The smallest absolute Gasteiger partial charge is 0.122 e. The lowest BCUT2D eigenvalue weighted by Gasteiger charge is -2.17. The summed E-state index contributed by atoms with van der Waals surface area (Å²) in [5, 5.41) is 3.15. The molecule has 2 heteroatoms. The summed E-state index contributed by atoms with van der Waals surface area (Å²) in [4.78, 5) is 4.30. The van der Waals surface area contributed by atoms with Crippen molar-refractivity contribution in [2.45, 2.75) is 21.3 Å². The zero-order valence-corrected chi connectivity index (χ0v) is 8.71. The molecule has 0 saturated heterocycles. The molecule has 0 N–H and O–H groups in total. The average molecular weight is 207 g/mol. The van der Waals surface area contributed by atoms with Crippen LogP contribution in [0.5, 0.6) is 0 Å². The summed E-state index contributed by atoms with van der Waals surface area (Å²) >= 11 is 1.70. The van der Waals surface area contributed by atoms with E-state index in [1.54, 1.807) is 11.3 Å². The third kappa shape index (κ3) is 2.13. The first kappa shape index (κ1) is 11.2. The molecule has 2 unspecified atom stereocenters. The van der Waals surface area contributed by atoms with Crippen molar-refractivity contribution in [1.82, 2.24) is 4.98 Å². The predicted octanol–water partition coefficient (Wildman–Crippen LogP) is 4.00. The molecule has 0 spiro atoms. The van der Waals surface area contributed by atoms with E-state index >= 15 is 0 Å². The Bertz CT molecular complexity index is 335. The topological polar surface area (TPSA) is 12.9 Å². The third-order valence-corrected chi connectivity index (χ3v) is 3.35. The molecule has 2 rings (SSSR count). The fraction of sp³-hybridized carbons (Fsp3) is 0.417. The maximum Gasteiger partial charge on any atom is 0.122 e. The van der Waals surface area contributed by atoms with Gasteiger partial charge in [0.15, 0.2) is 0 Å². The van der Waals surface area contributed by atoms with Gasteiger partial charge in [0.2, 0.25) is 0 Å². The highest BCUT2D eigenvalue weighted by Gasteiger charge is 2.13. The molecular weight excluding hydrogens is 190 g/mol. The molecule has 1 aromatic rings. The lowest BCUT2D eigenvalue weighted by atomic mass is 9.89. The minimum absolute atomic E-state index is 0. The highest BCUT2D eigenvalue weighted by atomic mass is 32.1. The zero-order valence-electron chi connectivity index (χ0n) is 7.90. The van der Waals surface area contributed by atoms with Gasteiger partial charge >= 0.3 is 0 Å². The van der Waals surface area contributed by atoms with Gasteiger partial charge in [-0.2, -0.15) is 0 Å². The third-order valence-electron chi connectivity index (χ3n) is 2.53. The lowest BCUT2D eigenvalue weighted by Crippen LogP contribution is -2.06. The highest BCUT2D eigenvalue weighted by Crippen LogP contribution is 2.28. The molecule has 1 nitrogen and oxygen atoms in total. The fourth-order valence-corrected chi connectivity index (χ4v) is 2.07. The monoisotopic (exact) mass is 207 g/mol. The van der Waals surface area contributed by atoms with E-state index in [9.17, 15) is 0 Å². The summed E-state index contributed by atoms with van der Waals surface area (Å²) in [5.41, 5.74) is 1.28. The van der Waals surface area contributed by atoms with Crippen molar-refractivity contribution in [3.63, 3.8) is 0 Å². The lowest BCUT2D eigenvalue weighted by molar-refractivity contribution is 0.554. The van der Waals surface area contributed by atoms with Gasteiger partial charge in [0.25, 0.3) is 0 Å². The largest absolute Gasteiger partial charge is 0.245 e. The van der Waals surface area contributed by atoms with Crippen molar-refractivity contribution < 1.29 is 0 Å². The van der Waals surface area contributed by atoms with Crippen LogP contribution >= 0.6 is 11.3 Å². The van der Waals surface area contributed by atoms with E-state index in [2.05, 4.69) is 37.1 Å². The van der Waals surface area contributed by atoms with E-state index < -0.39 is 0 Å². The minimum atomic E-state index is 0. The van der Waals surface area contributed by atoms with Gasteiger partial charge < -0.3 is 0 Å². The van der Waals surface area contributed by atoms with E-state index in [4.69, 9.17) is 0 Å². The van der Waals surface area contributed by atoms with Crippen molar-refractivity contribution in [3.05, 3.63) is 34.8 Å². The molecule has 1 aliphatic rings. The maximum atomic E-state index is 4.30. The summed E-state index contributed by atoms with van der Waals surface area (Å²) in [7, 11) is 0. The molecule has 0 fully saturated rings. The molecule has 0 bridgehead atoms. The Kier molecular flexibility index (Phi) is 3.64. The van der Waals surface area contributed by atoms with E-state index in [1.165, 1.54) is 5.57 Å². The Morgan fingerprint density at radius 1 is 1.29 bits per heavy atom. The molecule has 0 radical (unpaired) electrons. The quantitative estimate of drug-likeness (QED) is 0.678. The Balaban J connectivity index is 0.000000980. The van der Waals surface area contributed by atoms with Crippen LogP contribution < -0.4 is 0 Å². The highest BCUT2D eigenvalue weighted by molar-refractivity contribution is 7.10. The van der Waals surface area contributed by atoms with Crippen LogP contribution in [0.1, 0.15) is 26.3 Å². The van der Waals surface area contributed by atoms with Crippen LogP contribution in [-0.4, -0.2) is 4.98 Å². The predicted molar refractivity (Wildman–Crippen MR) is 64.3 cm³/mol. The molecule has 14 heavy (non-hydrogen) atoms. The molecule has 0 saturated carbocycles. The second-order valence-corrected chi connectivity index (χ2v) is 4.43. The number of hydrogen-bond acceptors (Lipinski definition) is 2. The van der Waals surface area contributed by atoms with Crippen LogP contribution in [0.15, 0.2) is 29.8 Å². The molecule has 1 aromatic heterocycles. The van der Waals surface area contributed by atoms with Gasteiger partial charge in [-0.25, -0.2) is 4.98 Å². The van der Waals surface area contributed by atoms with E-state index in [0.29, 0.717) is 11.8 Å². The Hall–Kier alpha value is -0.890. The first-order valence-electron chi connectivity index (χ1n) is 4.57. The SMILES string of the molecule is C.CC1C=CC(c2nccs2)=CC1C. The first-order valence-corrected chi connectivity index (χ1v) is 5.45. The van der Waals surface area contributed by atoms with Crippen LogP contribution in [0.25, 0.3) is 5.57 Å². The number of aromatic nitrogens is 1. The Morgan fingerprint density at radius 3 is 2.64 bits per heavy atom. The van der Waals surface area contributed by atoms with Gasteiger partial charge in [0.05, 0.1) is 0 Å². The van der Waals surface area contributed by atoms with Crippen LogP contribution in [0, 0.1) is 11.8 Å². The number of hydrogen-bond donors (Lipinski definition) is 0. The van der Waals surface area contributed by atoms with E-state index in [-0.39, 0.29) is 7.43 Å². The molecule has 76 valence electrons. The second kappa shape index (κ2) is 4.56. The number of thiazole rings is 1. The molecule has 1 heterocycles. The second-order valence-electron chi connectivity index (χ2n) is 3.54. The van der Waals surface area contributed by atoms with Crippen LogP contribution in [0.4, 0.5) is 0 Å². The summed E-state index contributed by atoms with van der Waals surface area (Å²) in [6, 6.07) is 0.